The average Bonchev–Trinajstić information content (AvgIpc) is 2.51. The van der Waals surface area contributed by atoms with E-state index in [4.69, 9.17) is 0 Å². The Morgan fingerprint density at radius 3 is 2.35 bits per heavy atom. The second-order valence-corrected chi connectivity index (χ2v) is 5.11. The molecule has 0 spiro atoms. The monoisotopic (exact) mass is 275 g/mol. The van der Waals surface area contributed by atoms with Crippen LogP contribution in [-0.4, -0.2) is 55.0 Å². The van der Waals surface area contributed by atoms with Crippen molar-refractivity contribution in [2.24, 2.45) is 0 Å². The van der Waals surface area contributed by atoms with Gasteiger partial charge in [-0.25, -0.2) is 0 Å². The molecule has 1 N–H and O–H groups in total. The maximum Gasteiger partial charge on any atom is 0.244 e. The Morgan fingerprint density at radius 2 is 1.80 bits per heavy atom. The molecule has 1 aliphatic heterocycles. The number of piperazine rings is 1. The lowest BCUT2D eigenvalue weighted by molar-refractivity contribution is -0.137. The Labute approximate surface area is 121 Å². The van der Waals surface area contributed by atoms with E-state index in [0.717, 1.165) is 44.8 Å². The minimum atomic E-state index is -0.141. The molecule has 1 aromatic rings. The van der Waals surface area contributed by atoms with Crippen molar-refractivity contribution in [1.29, 1.82) is 0 Å². The molecule has 4 nitrogen and oxygen atoms in total. The van der Waals surface area contributed by atoms with Crippen molar-refractivity contribution in [2.75, 3.05) is 39.3 Å². The third-order valence-corrected chi connectivity index (χ3v) is 3.94. The molecule has 1 atom stereocenters. The van der Waals surface area contributed by atoms with Crippen molar-refractivity contribution in [1.82, 2.24) is 15.1 Å². The van der Waals surface area contributed by atoms with Crippen LogP contribution >= 0.6 is 0 Å². The molecule has 1 fully saturated rings. The first-order valence-electron chi connectivity index (χ1n) is 7.56. The normalized spacial score (nSPS) is 17.7. The number of amides is 1. The smallest absolute Gasteiger partial charge is 0.244 e. The van der Waals surface area contributed by atoms with Crippen LogP contribution in [0.4, 0.5) is 0 Å². The zero-order chi connectivity index (χ0) is 14.4. The van der Waals surface area contributed by atoms with Gasteiger partial charge in [0.15, 0.2) is 0 Å². The van der Waals surface area contributed by atoms with Crippen molar-refractivity contribution >= 4 is 5.91 Å². The number of carbonyl (C=O) groups excluding carboxylic acids is 1. The molecule has 110 valence electrons. The molecule has 0 saturated carbocycles. The van der Waals surface area contributed by atoms with E-state index in [1.807, 2.05) is 36.9 Å². The fraction of sp³-hybridized carbons (Fsp3) is 0.562. The lowest BCUT2D eigenvalue weighted by atomic mass is 10.0. The highest BCUT2D eigenvalue weighted by molar-refractivity contribution is 5.83. The number of rotatable bonds is 5. The minimum Gasteiger partial charge on any atom is -0.342 e. The van der Waals surface area contributed by atoms with Crippen LogP contribution in [0.1, 0.15) is 25.5 Å². The maximum atomic E-state index is 12.9. The first kappa shape index (κ1) is 15.0. The number of carbonyl (C=O) groups is 1. The third kappa shape index (κ3) is 3.38. The molecule has 0 bridgehead atoms. The van der Waals surface area contributed by atoms with Crippen molar-refractivity contribution in [3.05, 3.63) is 35.9 Å². The molecule has 1 heterocycles. The summed E-state index contributed by atoms with van der Waals surface area (Å²) in [6.07, 6.45) is 0. The number of likely N-dealkylation sites (N-methyl/N-ethyl adjacent to an activating group) is 1. The second-order valence-electron chi connectivity index (χ2n) is 5.11. The Balaban J connectivity index is 2.26. The summed E-state index contributed by atoms with van der Waals surface area (Å²) >= 11 is 0. The molecule has 2 rings (SSSR count). The number of nitrogens with one attached hydrogen (secondary N) is 1. The highest BCUT2D eigenvalue weighted by Gasteiger charge is 2.30. The van der Waals surface area contributed by atoms with Gasteiger partial charge in [-0.05, 0) is 19.4 Å². The molecule has 4 heteroatoms. The fourth-order valence-electron chi connectivity index (χ4n) is 2.79. The van der Waals surface area contributed by atoms with Crippen molar-refractivity contribution in [2.45, 2.75) is 19.9 Å². The van der Waals surface area contributed by atoms with Crippen LogP contribution < -0.4 is 5.32 Å². The van der Waals surface area contributed by atoms with Crippen LogP contribution in [0.2, 0.25) is 0 Å². The van der Waals surface area contributed by atoms with Gasteiger partial charge >= 0.3 is 0 Å². The summed E-state index contributed by atoms with van der Waals surface area (Å²) in [5.41, 5.74) is 1.10. The van der Waals surface area contributed by atoms with Crippen molar-refractivity contribution in [3.8, 4) is 0 Å². The van der Waals surface area contributed by atoms with Crippen LogP contribution in [0.5, 0.6) is 0 Å². The summed E-state index contributed by atoms with van der Waals surface area (Å²) in [6, 6.07) is 10.0. The quantitative estimate of drug-likeness (QED) is 0.884. The lowest BCUT2D eigenvalue weighted by Crippen LogP contribution is -2.50. The van der Waals surface area contributed by atoms with Gasteiger partial charge in [0.05, 0.1) is 0 Å². The van der Waals surface area contributed by atoms with Gasteiger partial charge in [0, 0.05) is 39.3 Å². The standard InChI is InChI=1S/C16H25N3O/c1-3-18(4-2)16(20)15(14-8-6-5-7-9-14)19-12-10-17-11-13-19/h5-9,15,17H,3-4,10-13H2,1-2H3. The highest BCUT2D eigenvalue weighted by Crippen LogP contribution is 2.23. The molecule has 0 radical (unpaired) electrons. The first-order chi connectivity index (χ1) is 9.77. The third-order valence-electron chi connectivity index (χ3n) is 3.94. The zero-order valence-electron chi connectivity index (χ0n) is 12.5. The predicted octanol–water partition coefficient (Wildman–Crippen LogP) is 1.50. The van der Waals surface area contributed by atoms with Gasteiger partial charge in [0.1, 0.15) is 6.04 Å². The van der Waals surface area contributed by atoms with Crippen LogP contribution in [0.3, 0.4) is 0 Å². The van der Waals surface area contributed by atoms with Gasteiger partial charge in [0.2, 0.25) is 5.91 Å². The number of benzene rings is 1. The van der Waals surface area contributed by atoms with Crippen molar-refractivity contribution in [3.63, 3.8) is 0 Å². The Hall–Kier alpha value is -1.39. The topological polar surface area (TPSA) is 35.6 Å². The van der Waals surface area contributed by atoms with E-state index in [9.17, 15) is 4.79 Å². The molecule has 0 aliphatic carbocycles. The van der Waals surface area contributed by atoms with E-state index >= 15 is 0 Å². The van der Waals surface area contributed by atoms with Gasteiger partial charge in [-0.3, -0.25) is 9.69 Å². The van der Waals surface area contributed by atoms with Crippen LogP contribution in [0.25, 0.3) is 0 Å². The summed E-state index contributed by atoms with van der Waals surface area (Å²) < 4.78 is 0. The average molecular weight is 275 g/mol. The predicted molar refractivity (Wildman–Crippen MR) is 81.6 cm³/mol. The van der Waals surface area contributed by atoms with E-state index in [0.29, 0.717) is 0 Å². The summed E-state index contributed by atoms with van der Waals surface area (Å²) in [7, 11) is 0. The van der Waals surface area contributed by atoms with E-state index in [-0.39, 0.29) is 11.9 Å². The molecule has 1 aliphatic rings. The van der Waals surface area contributed by atoms with Gasteiger partial charge in [-0.15, -0.1) is 0 Å². The minimum absolute atomic E-state index is 0.141. The van der Waals surface area contributed by atoms with Gasteiger partial charge in [-0.1, -0.05) is 30.3 Å². The molecule has 1 saturated heterocycles. The summed E-state index contributed by atoms with van der Waals surface area (Å²) in [6.45, 7) is 9.38. The second kappa shape index (κ2) is 7.41. The van der Waals surface area contributed by atoms with Crippen molar-refractivity contribution < 1.29 is 4.79 Å². The Morgan fingerprint density at radius 1 is 1.20 bits per heavy atom. The van der Waals surface area contributed by atoms with Gasteiger partial charge in [0.25, 0.3) is 0 Å². The number of nitrogens with zero attached hydrogens (tertiary/aromatic N) is 2. The Bertz CT molecular complexity index is 411. The van der Waals surface area contributed by atoms with E-state index in [1.165, 1.54) is 0 Å². The molecule has 0 aromatic heterocycles. The summed E-state index contributed by atoms with van der Waals surface area (Å²) in [5.74, 6) is 0.225. The highest BCUT2D eigenvalue weighted by atomic mass is 16.2. The molecule has 1 amide bonds. The largest absolute Gasteiger partial charge is 0.342 e. The van der Waals surface area contributed by atoms with Crippen LogP contribution in [-0.2, 0) is 4.79 Å². The molecule has 20 heavy (non-hydrogen) atoms. The van der Waals surface area contributed by atoms with E-state index in [1.54, 1.807) is 0 Å². The molecular weight excluding hydrogens is 250 g/mol. The van der Waals surface area contributed by atoms with E-state index in [2.05, 4.69) is 22.3 Å². The van der Waals surface area contributed by atoms with Gasteiger partial charge < -0.3 is 10.2 Å². The zero-order valence-corrected chi connectivity index (χ0v) is 12.5. The van der Waals surface area contributed by atoms with E-state index < -0.39 is 0 Å². The first-order valence-corrected chi connectivity index (χ1v) is 7.56. The number of hydrogen-bond donors (Lipinski definition) is 1. The molecular formula is C16H25N3O. The van der Waals surface area contributed by atoms with Gasteiger partial charge in [-0.2, -0.15) is 0 Å². The summed E-state index contributed by atoms with van der Waals surface area (Å²) in [5, 5.41) is 3.35. The molecule has 1 aromatic carbocycles. The van der Waals surface area contributed by atoms with Crippen LogP contribution in [0.15, 0.2) is 30.3 Å². The lowest BCUT2D eigenvalue weighted by Gasteiger charge is -2.36. The summed E-state index contributed by atoms with van der Waals surface area (Å²) in [4.78, 5) is 17.1. The Kier molecular flexibility index (Phi) is 5.56. The molecule has 1 unspecified atom stereocenters. The van der Waals surface area contributed by atoms with Crippen LogP contribution in [0, 0.1) is 0 Å². The SMILES string of the molecule is CCN(CC)C(=O)C(c1ccccc1)N1CCNCC1. The number of hydrogen-bond acceptors (Lipinski definition) is 3. The fourth-order valence-corrected chi connectivity index (χ4v) is 2.79. The maximum absolute atomic E-state index is 12.9.